The van der Waals surface area contributed by atoms with Crippen LogP contribution in [0.25, 0.3) is 22.1 Å². The molecule has 4 N–H and O–H groups in total. The molecule has 6 heteroatoms. The van der Waals surface area contributed by atoms with Crippen LogP contribution in [-0.2, 0) is 0 Å². The molecule has 4 aromatic rings. The molecule has 0 atom stereocenters. The Labute approximate surface area is 162 Å². The second kappa shape index (κ2) is 7.08. The zero-order chi connectivity index (χ0) is 19.7. The van der Waals surface area contributed by atoms with Gasteiger partial charge in [-0.2, -0.15) is 0 Å². The number of aryl methyl sites for hydroxylation is 2. The number of urea groups is 1. The molecule has 6 nitrogen and oxygen atoms in total. The molecule has 0 fully saturated rings. The van der Waals surface area contributed by atoms with E-state index in [1.165, 1.54) is 0 Å². The Morgan fingerprint density at radius 2 is 1.64 bits per heavy atom. The highest BCUT2D eigenvalue weighted by molar-refractivity contribution is 6.02. The summed E-state index contributed by atoms with van der Waals surface area (Å²) in [6.07, 6.45) is 3.28. The van der Waals surface area contributed by atoms with E-state index in [1.807, 2.05) is 50.2 Å². The van der Waals surface area contributed by atoms with E-state index in [0.29, 0.717) is 17.1 Å². The van der Waals surface area contributed by atoms with Crippen LogP contribution in [0.15, 0.2) is 65.4 Å². The molecule has 0 unspecified atom stereocenters. The lowest BCUT2D eigenvalue weighted by Crippen LogP contribution is -2.19. The summed E-state index contributed by atoms with van der Waals surface area (Å²) in [5.74, 6) is 0.427. The Hall–Kier alpha value is -3.80. The van der Waals surface area contributed by atoms with Crippen LogP contribution in [0.4, 0.5) is 22.0 Å². The van der Waals surface area contributed by atoms with Crippen molar-refractivity contribution in [2.45, 2.75) is 13.8 Å². The first-order valence-corrected chi connectivity index (χ1v) is 8.88. The molecule has 2 amide bonds. The molecule has 0 bridgehead atoms. The van der Waals surface area contributed by atoms with Gasteiger partial charge in [0.2, 0.25) is 0 Å². The van der Waals surface area contributed by atoms with Crippen molar-refractivity contribution >= 4 is 34.2 Å². The Bertz CT molecular complexity index is 1140. The number of carbonyl (C=O) groups is 1. The van der Waals surface area contributed by atoms with E-state index in [1.54, 1.807) is 18.5 Å². The predicted molar refractivity (Wildman–Crippen MR) is 112 cm³/mol. The van der Waals surface area contributed by atoms with E-state index >= 15 is 0 Å². The van der Waals surface area contributed by atoms with E-state index in [-0.39, 0.29) is 6.03 Å². The van der Waals surface area contributed by atoms with Crippen molar-refractivity contribution in [3.63, 3.8) is 0 Å². The van der Waals surface area contributed by atoms with Gasteiger partial charge >= 0.3 is 6.03 Å². The predicted octanol–water partition coefficient (Wildman–Crippen LogP) is 5.34. The second-order valence-electron chi connectivity index (χ2n) is 6.75. The fourth-order valence-corrected chi connectivity index (χ4v) is 3.30. The number of furan rings is 1. The van der Waals surface area contributed by atoms with E-state index in [4.69, 9.17) is 10.2 Å². The van der Waals surface area contributed by atoms with Crippen LogP contribution in [0, 0.1) is 13.8 Å². The maximum Gasteiger partial charge on any atom is 0.323 e. The number of nitrogens with two attached hydrogens (primary N) is 1. The molecule has 0 saturated heterocycles. The Morgan fingerprint density at radius 3 is 2.36 bits per heavy atom. The van der Waals surface area contributed by atoms with Gasteiger partial charge in [0.15, 0.2) is 0 Å². The van der Waals surface area contributed by atoms with Gasteiger partial charge in [-0.15, -0.1) is 0 Å². The Kier molecular flexibility index (Phi) is 4.45. The maximum absolute atomic E-state index is 12.3. The molecule has 0 spiro atoms. The number of carbonyl (C=O) groups excluding carboxylic acids is 1. The normalized spacial score (nSPS) is 10.8. The Balaban J connectivity index is 1.51. The second-order valence-corrected chi connectivity index (χ2v) is 6.75. The van der Waals surface area contributed by atoms with Crippen molar-refractivity contribution in [2.24, 2.45) is 0 Å². The van der Waals surface area contributed by atoms with Crippen molar-refractivity contribution < 1.29 is 9.21 Å². The van der Waals surface area contributed by atoms with Crippen molar-refractivity contribution in [3.8, 4) is 11.1 Å². The summed E-state index contributed by atoms with van der Waals surface area (Å²) in [5.41, 5.74) is 12.1. The minimum atomic E-state index is -0.292. The van der Waals surface area contributed by atoms with Crippen molar-refractivity contribution in [1.82, 2.24) is 4.98 Å². The third kappa shape index (κ3) is 3.53. The first-order valence-electron chi connectivity index (χ1n) is 8.88. The number of benzene rings is 2. The average molecular weight is 372 g/mol. The highest BCUT2D eigenvalue weighted by Gasteiger charge is 2.12. The molecule has 2 aromatic carbocycles. The van der Waals surface area contributed by atoms with Crippen LogP contribution >= 0.6 is 0 Å². The summed E-state index contributed by atoms with van der Waals surface area (Å²) >= 11 is 0. The molecular formula is C22H20N4O2. The van der Waals surface area contributed by atoms with Crippen LogP contribution in [-0.4, -0.2) is 11.0 Å². The number of nitrogens with one attached hydrogen (secondary N) is 2. The van der Waals surface area contributed by atoms with Crippen LogP contribution < -0.4 is 16.4 Å². The van der Waals surface area contributed by atoms with Crippen LogP contribution in [0.1, 0.15) is 11.1 Å². The van der Waals surface area contributed by atoms with Crippen molar-refractivity contribution in [3.05, 3.63) is 72.1 Å². The average Bonchev–Trinajstić information content (AvgIpc) is 3.07. The van der Waals surface area contributed by atoms with Gasteiger partial charge < -0.3 is 20.8 Å². The van der Waals surface area contributed by atoms with Crippen LogP contribution in [0.5, 0.6) is 0 Å². The van der Waals surface area contributed by atoms with Crippen molar-refractivity contribution in [1.29, 1.82) is 0 Å². The van der Waals surface area contributed by atoms with E-state index < -0.39 is 0 Å². The summed E-state index contributed by atoms with van der Waals surface area (Å²) in [5, 5.41) is 6.48. The molecule has 0 saturated carbocycles. The number of aromatic nitrogens is 1. The highest BCUT2D eigenvalue weighted by atomic mass is 16.3. The molecule has 0 aliphatic heterocycles. The summed E-state index contributed by atoms with van der Waals surface area (Å²) in [6, 6.07) is 14.9. The number of amides is 2. The smallest absolute Gasteiger partial charge is 0.323 e. The van der Waals surface area contributed by atoms with E-state index in [2.05, 4.69) is 21.7 Å². The van der Waals surface area contributed by atoms with Crippen LogP contribution in [0.3, 0.4) is 0 Å². The minimum absolute atomic E-state index is 0.292. The largest absolute Gasteiger partial charge is 0.463 e. The summed E-state index contributed by atoms with van der Waals surface area (Å²) < 4.78 is 5.56. The molecule has 2 aromatic heterocycles. The quantitative estimate of drug-likeness (QED) is 0.453. The molecule has 4 rings (SSSR count). The fraction of sp³-hybridized carbons (Fsp3) is 0.0909. The minimum Gasteiger partial charge on any atom is -0.463 e. The zero-order valence-electron chi connectivity index (χ0n) is 15.6. The van der Waals surface area contributed by atoms with E-state index in [0.717, 1.165) is 33.3 Å². The number of fused-ring (bicyclic) bond motifs is 1. The molecule has 140 valence electrons. The maximum atomic E-state index is 12.3. The van der Waals surface area contributed by atoms with Gasteiger partial charge in [-0.3, -0.25) is 0 Å². The number of anilines is 3. The number of nitrogen functional groups attached to an aromatic ring is 1. The lowest BCUT2D eigenvalue weighted by Gasteiger charge is -2.10. The number of hydrogen-bond donors (Lipinski definition) is 3. The molecular weight excluding hydrogens is 352 g/mol. The topological polar surface area (TPSA) is 93.2 Å². The summed E-state index contributed by atoms with van der Waals surface area (Å²) in [7, 11) is 0. The third-order valence-corrected chi connectivity index (χ3v) is 4.45. The first kappa shape index (κ1) is 17.6. The van der Waals surface area contributed by atoms with Gasteiger partial charge in [-0.05, 0) is 60.9 Å². The molecule has 0 aliphatic rings. The SMILES string of the molecule is Cc1cc(C)cc(NC(=O)Nc2ccc(-c3coc4ccnc(N)c34)cc2)c1. The molecule has 2 heterocycles. The highest BCUT2D eigenvalue weighted by Crippen LogP contribution is 2.33. The zero-order valence-corrected chi connectivity index (χ0v) is 15.6. The molecule has 0 aliphatic carbocycles. The van der Waals surface area contributed by atoms with Gasteiger partial charge in [-0.1, -0.05) is 18.2 Å². The number of pyridine rings is 1. The lowest BCUT2D eigenvalue weighted by atomic mass is 10.0. The van der Waals surface area contributed by atoms with E-state index in [9.17, 15) is 4.79 Å². The van der Waals surface area contributed by atoms with Crippen molar-refractivity contribution in [2.75, 3.05) is 16.4 Å². The fourth-order valence-electron chi connectivity index (χ4n) is 3.30. The van der Waals surface area contributed by atoms with Gasteiger partial charge in [0.05, 0.1) is 11.6 Å². The van der Waals surface area contributed by atoms with Gasteiger partial charge in [0.1, 0.15) is 11.4 Å². The van der Waals surface area contributed by atoms with Crippen LogP contribution in [0.2, 0.25) is 0 Å². The Morgan fingerprint density at radius 1 is 0.964 bits per heavy atom. The molecule has 28 heavy (non-hydrogen) atoms. The number of nitrogens with zero attached hydrogens (tertiary/aromatic N) is 1. The summed E-state index contributed by atoms with van der Waals surface area (Å²) in [4.78, 5) is 16.4. The number of rotatable bonds is 3. The standard InChI is InChI=1S/C22H20N4O2/c1-13-9-14(2)11-17(10-13)26-22(27)25-16-5-3-15(4-6-16)18-12-28-19-7-8-24-21(23)20(18)19/h3-12H,1-2H3,(H2,23,24)(H2,25,26,27). The monoisotopic (exact) mass is 372 g/mol. The van der Waals surface area contributed by atoms with Gasteiger partial charge in [0.25, 0.3) is 0 Å². The first-order chi connectivity index (χ1) is 13.5. The molecule has 0 radical (unpaired) electrons. The summed E-state index contributed by atoms with van der Waals surface area (Å²) in [6.45, 7) is 3.99. The third-order valence-electron chi connectivity index (χ3n) is 4.45. The van der Waals surface area contributed by atoms with Gasteiger partial charge in [0, 0.05) is 23.1 Å². The lowest BCUT2D eigenvalue weighted by molar-refractivity contribution is 0.262. The van der Waals surface area contributed by atoms with Gasteiger partial charge in [-0.25, -0.2) is 9.78 Å². The number of hydrogen-bond acceptors (Lipinski definition) is 4.